The summed E-state index contributed by atoms with van der Waals surface area (Å²) in [7, 11) is -10.1. The molecule has 3 rings (SSSR count). The number of hydrogen-bond donors (Lipinski definition) is 6. The maximum atomic E-state index is 12.4. The summed E-state index contributed by atoms with van der Waals surface area (Å²) in [5, 5.41) is 38.5. The second-order valence-corrected chi connectivity index (χ2v) is 8.46. The lowest BCUT2D eigenvalue weighted by Gasteiger charge is -2.12. The SMILES string of the molecule is O=c1cc(-c2cc(S(=O)(=O)O)c(O)c(O)c2O)oc2c(S(=O)(=O)O)ccc(O)c12. The van der Waals surface area contributed by atoms with Crippen molar-refractivity contribution in [3.63, 3.8) is 0 Å². The Kier molecular flexibility index (Phi) is 4.47. The zero-order chi connectivity index (χ0) is 21.9. The first kappa shape index (κ1) is 20.4. The summed E-state index contributed by atoms with van der Waals surface area (Å²) in [6, 6.07) is 2.58. The van der Waals surface area contributed by atoms with Gasteiger partial charge in [0.2, 0.25) is 5.75 Å². The van der Waals surface area contributed by atoms with Gasteiger partial charge in [-0.05, 0) is 18.2 Å². The lowest BCUT2D eigenvalue weighted by molar-refractivity contribution is 0.359. The molecule has 0 unspecified atom stereocenters. The number of benzene rings is 2. The van der Waals surface area contributed by atoms with Crippen molar-refractivity contribution in [1.29, 1.82) is 0 Å². The topological polar surface area (TPSA) is 220 Å². The average molecular weight is 446 g/mol. The molecule has 0 saturated heterocycles. The van der Waals surface area contributed by atoms with Gasteiger partial charge < -0.3 is 24.8 Å². The quantitative estimate of drug-likeness (QED) is 0.243. The van der Waals surface area contributed by atoms with Gasteiger partial charge in [-0.1, -0.05) is 0 Å². The molecule has 1 heterocycles. The fraction of sp³-hybridized carbons (Fsp3) is 0. The third-order valence-corrected chi connectivity index (χ3v) is 5.60. The normalized spacial score (nSPS) is 12.3. The van der Waals surface area contributed by atoms with E-state index in [9.17, 15) is 46.6 Å². The fourth-order valence-corrected chi connectivity index (χ4v) is 3.79. The van der Waals surface area contributed by atoms with E-state index in [2.05, 4.69) is 0 Å². The number of hydrogen-bond acceptors (Lipinski definition) is 10. The molecule has 6 N–H and O–H groups in total. The Morgan fingerprint density at radius 2 is 1.34 bits per heavy atom. The van der Waals surface area contributed by atoms with E-state index in [0.29, 0.717) is 12.1 Å². The van der Waals surface area contributed by atoms with Crippen LogP contribution in [0.1, 0.15) is 0 Å². The molecule has 3 aromatic rings. The van der Waals surface area contributed by atoms with Crippen LogP contribution in [0.4, 0.5) is 0 Å². The molecule has 2 aromatic carbocycles. The summed E-state index contributed by atoms with van der Waals surface area (Å²) in [6.07, 6.45) is 0. The highest BCUT2D eigenvalue weighted by Gasteiger charge is 2.27. The van der Waals surface area contributed by atoms with E-state index in [1.54, 1.807) is 0 Å². The first-order valence-electron chi connectivity index (χ1n) is 7.26. The van der Waals surface area contributed by atoms with Crippen LogP contribution in [0, 0.1) is 0 Å². The van der Waals surface area contributed by atoms with E-state index in [-0.39, 0.29) is 0 Å². The lowest BCUT2D eigenvalue weighted by Crippen LogP contribution is -2.06. The summed E-state index contributed by atoms with van der Waals surface area (Å²) < 4.78 is 69.5. The van der Waals surface area contributed by atoms with E-state index in [1.807, 2.05) is 0 Å². The van der Waals surface area contributed by atoms with Crippen molar-refractivity contribution in [2.45, 2.75) is 9.79 Å². The van der Waals surface area contributed by atoms with Crippen LogP contribution < -0.4 is 5.43 Å². The first-order valence-corrected chi connectivity index (χ1v) is 10.1. The summed E-state index contributed by atoms with van der Waals surface area (Å²) in [5.41, 5.74) is -2.64. The highest BCUT2D eigenvalue weighted by molar-refractivity contribution is 7.86. The van der Waals surface area contributed by atoms with Crippen LogP contribution in [-0.4, -0.2) is 46.4 Å². The van der Waals surface area contributed by atoms with Crippen LogP contribution in [-0.2, 0) is 20.2 Å². The molecule has 0 aliphatic heterocycles. The summed E-state index contributed by atoms with van der Waals surface area (Å²) in [5.74, 6) is -5.39. The molecule has 0 fully saturated rings. The van der Waals surface area contributed by atoms with Gasteiger partial charge in [0.1, 0.15) is 26.7 Å². The zero-order valence-electron chi connectivity index (χ0n) is 13.8. The van der Waals surface area contributed by atoms with E-state index in [1.165, 1.54) is 0 Å². The standard InChI is InChI=1S/C15H10O12S2/c16-6-1-2-9(28(21,22)23)15-11(6)7(17)4-8(27-15)5-3-10(29(24,25)26)13(19)14(20)12(5)18/h1-4,16,18-20H,(H,21,22,23)(H,24,25,26). The van der Waals surface area contributed by atoms with Crippen molar-refractivity contribution in [3.05, 3.63) is 34.5 Å². The van der Waals surface area contributed by atoms with Gasteiger partial charge in [0, 0.05) is 6.07 Å². The average Bonchev–Trinajstić information content (AvgIpc) is 2.57. The minimum atomic E-state index is -5.11. The molecule has 0 bridgehead atoms. The maximum absolute atomic E-state index is 12.4. The molecule has 0 spiro atoms. The fourth-order valence-electron chi connectivity index (χ4n) is 2.57. The molecule has 14 heteroatoms. The number of phenols is 4. The van der Waals surface area contributed by atoms with Crippen LogP contribution in [0.2, 0.25) is 0 Å². The molecular formula is C15H10O12S2. The van der Waals surface area contributed by atoms with E-state index in [4.69, 9.17) is 8.97 Å². The summed E-state index contributed by atoms with van der Waals surface area (Å²) >= 11 is 0. The summed E-state index contributed by atoms with van der Waals surface area (Å²) in [6.45, 7) is 0. The van der Waals surface area contributed by atoms with Crippen LogP contribution in [0.15, 0.2) is 43.3 Å². The molecule has 0 atom stereocenters. The zero-order valence-corrected chi connectivity index (χ0v) is 15.4. The van der Waals surface area contributed by atoms with Gasteiger partial charge in [-0.3, -0.25) is 13.9 Å². The van der Waals surface area contributed by atoms with Gasteiger partial charge in [-0.15, -0.1) is 0 Å². The van der Waals surface area contributed by atoms with Crippen molar-refractivity contribution < 1.29 is 50.8 Å². The third kappa shape index (κ3) is 3.33. The van der Waals surface area contributed by atoms with Crippen molar-refractivity contribution in [2.24, 2.45) is 0 Å². The van der Waals surface area contributed by atoms with E-state index in [0.717, 1.165) is 12.1 Å². The maximum Gasteiger partial charge on any atom is 0.298 e. The molecule has 12 nitrogen and oxygen atoms in total. The third-order valence-electron chi connectivity index (χ3n) is 3.85. The van der Waals surface area contributed by atoms with Crippen molar-refractivity contribution >= 4 is 31.2 Å². The molecule has 154 valence electrons. The van der Waals surface area contributed by atoms with Gasteiger partial charge in [0.25, 0.3) is 20.2 Å². The largest absolute Gasteiger partial charge is 0.507 e. The van der Waals surface area contributed by atoms with Crippen LogP contribution in [0.3, 0.4) is 0 Å². The molecule has 0 amide bonds. The molecule has 0 radical (unpaired) electrons. The van der Waals surface area contributed by atoms with E-state index >= 15 is 0 Å². The van der Waals surface area contributed by atoms with Gasteiger partial charge >= 0.3 is 0 Å². The molecule has 0 aliphatic rings. The van der Waals surface area contributed by atoms with Gasteiger partial charge in [-0.25, -0.2) is 0 Å². The molecule has 0 saturated carbocycles. The predicted molar refractivity (Wildman–Crippen MR) is 94.2 cm³/mol. The second-order valence-electron chi connectivity index (χ2n) is 5.68. The minimum absolute atomic E-state index is 0.444. The van der Waals surface area contributed by atoms with Crippen molar-refractivity contribution in [1.82, 2.24) is 0 Å². The number of fused-ring (bicyclic) bond motifs is 1. The Morgan fingerprint density at radius 1 is 0.759 bits per heavy atom. The number of rotatable bonds is 3. The molecular weight excluding hydrogens is 436 g/mol. The highest BCUT2D eigenvalue weighted by atomic mass is 32.2. The lowest BCUT2D eigenvalue weighted by atomic mass is 10.1. The Bertz CT molecular complexity index is 1450. The minimum Gasteiger partial charge on any atom is -0.507 e. The Hall–Kier alpha value is -3.33. The summed E-state index contributed by atoms with van der Waals surface area (Å²) in [4.78, 5) is 10.2. The van der Waals surface area contributed by atoms with Crippen LogP contribution in [0.25, 0.3) is 22.3 Å². The van der Waals surface area contributed by atoms with Crippen LogP contribution >= 0.6 is 0 Å². The molecule has 0 aliphatic carbocycles. The molecule has 29 heavy (non-hydrogen) atoms. The Balaban J connectivity index is 2.50. The Labute approximate surface area is 161 Å². The van der Waals surface area contributed by atoms with Crippen molar-refractivity contribution in [2.75, 3.05) is 0 Å². The van der Waals surface area contributed by atoms with Crippen molar-refractivity contribution in [3.8, 4) is 34.3 Å². The first-order chi connectivity index (χ1) is 13.2. The van der Waals surface area contributed by atoms with Gasteiger partial charge in [0.15, 0.2) is 22.5 Å². The van der Waals surface area contributed by atoms with Crippen LogP contribution in [0.5, 0.6) is 23.0 Å². The number of phenolic OH excluding ortho intramolecular Hbond substituents is 4. The van der Waals surface area contributed by atoms with Gasteiger partial charge in [0.05, 0.1) is 5.56 Å². The monoisotopic (exact) mass is 446 g/mol. The smallest absolute Gasteiger partial charge is 0.298 e. The highest BCUT2D eigenvalue weighted by Crippen LogP contribution is 2.46. The number of aromatic hydroxyl groups is 4. The van der Waals surface area contributed by atoms with E-state index < -0.39 is 80.7 Å². The predicted octanol–water partition coefficient (Wildman–Crippen LogP) is 0.776. The Morgan fingerprint density at radius 3 is 1.90 bits per heavy atom. The van der Waals surface area contributed by atoms with Gasteiger partial charge in [-0.2, -0.15) is 16.8 Å². The second kappa shape index (κ2) is 6.35. The molecule has 1 aromatic heterocycles.